The van der Waals surface area contributed by atoms with Gasteiger partial charge in [-0.25, -0.2) is 13.4 Å². The maximum Gasteiger partial charge on any atom is 0.185 e. The van der Waals surface area contributed by atoms with Gasteiger partial charge in [-0.1, -0.05) is 15.9 Å². The number of thiazole rings is 1. The highest BCUT2D eigenvalue weighted by Gasteiger charge is 2.32. The van der Waals surface area contributed by atoms with Crippen LogP contribution in [0.3, 0.4) is 0 Å². The third-order valence-electron chi connectivity index (χ3n) is 5.25. The van der Waals surface area contributed by atoms with Crippen molar-refractivity contribution in [2.75, 3.05) is 24.6 Å². The zero-order chi connectivity index (χ0) is 21.1. The van der Waals surface area contributed by atoms with Gasteiger partial charge in [-0.15, -0.1) is 11.3 Å². The molecule has 1 aromatic heterocycles. The van der Waals surface area contributed by atoms with Crippen LogP contribution in [0.4, 0.5) is 5.13 Å². The quantitative estimate of drug-likeness (QED) is 0.446. The monoisotopic (exact) mass is 506 g/mol. The molecule has 0 radical (unpaired) electrons. The number of piperidine rings is 1. The number of ether oxygens (including phenoxy) is 1. The Balaban J connectivity index is 1.41. The Hall–Kier alpha value is -1.90. The molecule has 0 unspecified atom stereocenters. The lowest BCUT2D eigenvalue weighted by Crippen LogP contribution is -2.39. The molecule has 0 amide bonds. The molecule has 1 saturated heterocycles. The van der Waals surface area contributed by atoms with Gasteiger partial charge in [0.05, 0.1) is 22.4 Å². The molecule has 158 valence electrons. The van der Waals surface area contributed by atoms with E-state index in [4.69, 9.17) is 9.72 Å². The minimum atomic E-state index is -3.31. The van der Waals surface area contributed by atoms with Gasteiger partial charge >= 0.3 is 0 Å². The van der Waals surface area contributed by atoms with Crippen molar-refractivity contribution < 1.29 is 13.2 Å². The Labute approximate surface area is 189 Å². The third-order valence-corrected chi connectivity index (χ3v) is 8.96. The predicted molar refractivity (Wildman–Crippen MR) is 125 cm³/mol. The van der Waals surface area contributed by atoms with Crippen molar-refractivity contribution in [3.8, 4) is 17.0 Å². The normalized spacial score (nSPS) is 15.3. The van der Waals surface area contributed by atoms with Crippen molar-refractivity contribution >= 4 is 42.2 Å². The van der Waals surface area contributed by atoms with E-state index in [-0.39, 0.29) is 5.25 Å². The lowest BCUT2D eigenvalue weighted by atomic mass is 10.1. The molecule has 1 aliphatic heterocycles. The third kappa shape index (κ3) is 4.55. The van der Waals surface area contributed by atoms with Crippen LogP contribution in [-0.2, 0) is 9.84 Å². The van der Waals surface area contributed by atoms with Crippen molar-refractivity contribution in [1.82, 2.24) is 4.98 Å². The van der Waals surface area contributed by atoms with E-state index in [1.807, 2.05) is 31.2 Å². The molecular weight excluding hydrogens is 484 g/mol. The zero-order valence-electron chi connectivity index (χ0n) is 16.6. The summed E-state index contributed by atoms with van der Waals surface area (Å²) in [5, 5.41) is 2.65. The van der Waals surface area contributed by atoms with E-state index < -0.39 is 9.84 Å². The SMILES string of the molecule is CCOc1ccc(-c2csc(N3CCC(S(=O)(=O)c4ccc(Br)cc4)CC3)n2)cc1. The van der Waals surface area contributed by atoms with Crippen molar-refractivity contribution in [3.05, 3.63) is 58.4 Å². The summed E-state index contributed by atoms with van der Waals surface area (Å²) in [7, 11) is -3.31. The van der Waals surface area contributed by atoms with Gasteiger partial charge < -0.3 is 9.64 Å². The molecule has 1 aliphatic rings. The fraction of sp³-hybridized carbons (Fsp3) is 0.318. The van der Waals surface area contributed by atoms with Crippen molar-refractivity contribution in [2.24, 2.45) is 0 Å². The van der Waals surface area contributed by atoms with E-state index in [9.17, 15) is 8.42 Å². The molecule has 3 aromatic rings. The lowest BCUT2D eigenvalue weighted by Gasteiger charge is -2.31. The smallest absolute Gasteiger partial charge is 0.185 e. The van der Waals surface area contributed by atoms with Crippen LogP contribution < -0.4 is 9.64 Å². The Morgan fingerprint density at radius 1 is 1.10 bits per heavy atom. The minimum Gasteiger partial charge on any atom is -0.494 e. The molecule has 8 heteroatoms. The molecule has 5 nitrogen and oxygen atoms in total. The number of halogens is 1. The van der Waals surface area contributed by atoms with Gasteiger partial charge in [-0.2, -0.15) is 0 Å². The van der Waals surface area contributed by atoms with Gasteiger partial charge in [-0.3, -0.25) is 0 Å². The summed E-state index contributed by atoms with van der Waals surface area (Å²) in [5.74, 6) is 0.853. The first-order valence-electron chi connectivity index (χ1n) is 9.90. The Kier molecular flexibility index (Phi) is 6.46. The van der Waals surface area contributed by atoms with Crippen molar-refractivity contribution in [2.45, 2.75) is 29.9 Å². The zero-order valence-corrected chi connectivity index (χ0v) is 19.8. The fourth-order valence-corrected chi connectivity index (χ4v) is 6.49. The number of hydrogen-bond donors (Lipinski definition) is 0. The molecule has 30 heavy (non-hydrogen) atoms. The first-order valence-corrected chi connectivity index (χ1v) is 13.1. The number of rotatable bonds is 6. The van der Waals surface area contributed by atoms with Gasteiger partial charge in [0.2, 0.25) is 0 Å². The van der Waals surface area contributed by atoms with Gasteiger partial charge in [0.25, 0.3) is 0 Å². The average molecular weight is 507 g/mol. The van der Waals surface area contributed by atoms with Crippen molar-refractivity contribution in [3.63, 3.8) is 0 Å². The Morgan fingerprint density at radius 2 is 1.77 bits per heavy atom. The lowest BCUT2D eigenvalue weighted by molar-refractivity contribution is 0.340. The van der Waals surface area contributed by atoms with Crippen LogP contribution in [-0.4, -0.2) is 38.3 Å². The van der Waals surface area contributed by atoms with E-state index in [0.29, 0.717) is 37.4 Å². The van der Waals surface area contributed by atoms with Crippen LogP contribution in [0.15, 0.2) is 63.3 Å². The molecule has 2 heterocycles. The first kappa shape index (κ1) is 21.3. The minimum absolute atomic E-state index is 0.347. The summed E-state index contributed by atoms with van der Waals surface area (Å²) in [6, 6.07) is 14.8. The summed E-state index contributed by atoms with van der Waals surface area (Å²) in [5.41, 5.74) is 1.98. The largest absolute Gasteiger partial charge is 0.494 e. The van der Waals surface area contributed by atoms with E-state index in [2.05, 4.69) is 26.2 Å². The highest BCUT2D eigenvalue weighted by Crippen LogP contribution is 2.32. The number of benzene rings is 2. The number of nitrogens with zero attached hydrogens (tertiary/aromatic N) is 2. The summed E-state index contributed by atoms with van der Waals surface area (Å²) in [6.07, 6.45) is 1.22. The molecule has 0 N–H and O–H groups in total. The van der Waals surface area contributed by atoms with E-state index in [0.717, 1.165) is 26.6 Å². The summed E-state index contributed by atoms with van der Waals surface area (Å²) >= 11 is 4.96. The van der Waals surface area contributed by atoms with E-state index in [1.54, 1.807) is 35.6 Å². The fourth-order valence-electron chi connectivity index (χ4n) is 3.60. The number of anilines is 1. The summed E-state index contributed by atoms with van der Waals surface area (Å²) < 4.78 is 32.3. The van der Waals surface area contributed by atoms with Gasteiger partial charge in [-0.05, 0) is 68.3 Å². The molecule has 0 aliphatic carbocycles. The number of aromatic nitrogens is 1. The van der Waals surface area contributed by atoms with Crippen LogP contribution in [0.1, 0.15) is 19.8 Å². The second-order valence-electron chi connectivity index (χ2n) is 7.16. The van der Waals surface area contributed by atoms with Crippen molar-refractivity contribution in [1.29, 1.82) is 0 Å². The molecule has 0 spiro atoms. The highest BCUT2D eigenvalue weighted by molar-refractivity contribution is 9.10. The van der Waals surface area contributed by atoms with Crippen LogP contribution in [0.25, 0.3) is 11.3 Å². The molecule has 1 fully saturated rings. The number of sulfone groups is 1. The van der Waals surface area contributed by atoms with Crippen LogP contribution in [0.5, 0.6) is 5.75 Å². The maximum atomic E-state index is 12.9. The topological polar surface area (TPSA) is 59.5 Å². The van der Waals surface area contributed by atoms with Gasteiger partial charge in [0.15, 0.2) is 15.0 Å². The maximum absolute atomic E-state index is 12.9. The van der Waals surface area contributed by atoms with Crippen LogP contribution in [0, 0.1) is 0 Å². The second-order valence-corrected chi connectivity index (χ2v) is 11.1. The van der Waals surface area contributed by atoms with Crippen LogP contribution >= 0.6 is 27.3 Å². The summed E-state index contributed by atoms with van der Waals surface area (Å²) in [6.45, 7) is 3.99. The molecule has 0 atom stereocenters. The molecule has 0 bridgehead atoms. The first-order chi connectivity index (χ1) is 14.5. The van der Waals surface area contributed by atoms with Gasteiger partial charge in [0.1, 0.15) is 5.75 Å². The van der Waals surface area contributed by atoms with E-state index >= 15 is 0 Å². The molecule has 4 rings (SSSR count). The summed E-state index contributed by atoms with van der Waals surface area (Å²) in [4.78, 5) is 7.37. The Bertz CT molecular complexity index is 1090. The molecular formula is C22H23BrN2O3S2. The van der Waals surface area contributed by atoms with Gasteiger partial charge in [0, 0.05) is 28.5 Å². The average Bonchev–Trinajstić information content (AvgIpc) is 3.25. The number of hydrogen-bond acceptors (Lipinski definition) is 6. The second kappa shape index (κ2) is 9.08. The predicted octanol–water partition coefficient (Wildman–Crippen LogP) is 5.41. The van der Waals surface area contributed by atoms with E-state index in [1.165, 1.54) is 0 Å². The standard InChI is InChI=1S/C22H23BrN2O3S2/c1-2-28-18-7-3-16(4-8-18)21-15-29-22(24-21)25-13-11-20(12-14-25)30(26,27)19-9-5-17(23)6-10-19/h3-10,15,20H,2,11-14H2,1H3. The molecule has 0 saturated carbocycles. The highest BCUT2D eigenvalue weighted by atomic mass is 79.9. The van der Waals surface area contributed by atoms with Crippen LogP contribution in [0.2, 0.25) is 0 Å². The molecule has 2 aromatic carbocycles. The Morgan fingerprint density at radius 3 is 2.40 bits per heavy atom.